The number of benzene rings is 2. The molecular weight excluding hydrogens is 397 g/mol. The van der Waals surface area contributed by atoms with Crippen molar-refractivity contribution >= 4 is 21.3 Å². The summed E-state index contributed by atoms with van der Waals surface area (Å²) in [5.41, 5.74) is 0. The Labute approximate surface area is 151 Å². The van der Waals surface area contributed by atoms with Gasteiger partial charge in [0.15, 0.2) is 16.4 Å². The van der Waals surface area contributed by atoms with E-state index in [2.05, 4.69) is 10.4 Å². The molecule has 2 aromatic carbocycles. The van der Waals surface area contributed by atoms with Gasteiger partial charge in [-0.1, -0.05) is 0 Å². The molecule has 144 valence electrons. The molecule has 2 rings (SSSR count). The zero-order valence-electron chi connectivity index (χ0n) is 13.3. The second-order valence-electron chi connectivity index (χ2n) is 4.78. The zero-order valence-corrected chi connectivity index (χ0v) is 14.9. The maximum absolute atomic E-state index is 11.1. The molecule has 0 bridgehead atoms. The molecule has 0 aliphatic carbocycles. The first-order valence-electron chi connectivity index (χ1n) is 6.78. The number of rotatable bonds is 4. The number of phenols is 2. The van der Waals surface area contributed by atoms with E-state index in [0.29, 0.717) is 0 Å². The second-order valence-corrected chi connectivity index (χ2v) is 7.80. The minimum atomic E-state index is -5.23. The summed E-state index contributed by atoms with van der Waals surface area (Å²) in [7, 11) is -5.26. The van der Waals surface area contributed by atoms with Crippen LogP contribution in [0.15, 0.2) is 58.3 Å². The van der Waals surface area contributed by atoms with Crippen LogP contribution in [0.2, 0.25) is 0 Å². The Morgan fingerprint density at radius 3 is 1.54 bits per heavy atom. The molecule has 0 aliphatic heterocycles. The van der Waals surface area contributed by atoms with E-state index in [0.717, 1.165) is 0 Å². The van der Waals surface area contributed by atoms with Crippen LogP contribution in [0, 0.1) is 0 Å². The number of aromatic hydroxyl groups is 2. The van der Waals surface area contributed by atoms with Crippen LogP contribution in [0.5, 0.6) is 11.5 Å². The average Bonchev–Trinajstić information content (AvgIpc) is 2.53. The molecule has 0 saturated carbocycles. The lowest BCUT2D eigenvalue weighted by atomic mass is 10.3. The topological polar surface area (TPSA) is 107 Å². The van der Waals surface area contributed by atoms with E-state index < -0.39 is 23.2 Å². The van der Waals surface area contributed by atoms with Crippen molar-refractivity contribution in [1.29, 1.82) is 0 Å². The molecule has 2 aromatic rings. The summed E-state index contributed by atoms with van der Waals surface area (Å²) in [5, 5.41) is 18.4. The molecule has 0 fully saturated rings. The van der Waals surface area contributed by atoms with Gasteiger partial charge in [0.2, 0.25) is 10.4 Å². The molecule has 26 heavy (non-hydrogen) atoms. The third-order valence-corrected chi connectivity index (χ3v) is 5.11. The second kappa shape index (κ2) is 9.12. The molecule has 0 unspecified atom stereocenters. The standard InChI is InChI=1S/C13H12O2S.C2H3F3O4S/c1-16(12-6-2-10(14)3-7-12)13-8-4-11(15)5-9-13;3-2(4,5)1-9-10(6,7)8/h2-9H,1H3,(H-,14,15);1H2,(H,6,7,8). The third kappa shape index (κ3) is 8.94. The lowest BCUT2D eigenvalue weighted by Crippen LogP contribution is -2.20. The van der Waals surface area contributed by atoms with Gasteiger partial charge in [-0.05, 0) is 48.5 Å². The summed E-state index contributed by atoms with van der Waals surface area (Å²) < 4.78 is 64.3. The monoisotopic (exact) mass is 412 g/mol. The highest BCUT2D eigenvalue weighted by molar-refractivity contribution is 7.96. The molecule has 2 N–H and O–H groups in total. The normalized spacial score (nSPS) is 11.8. The first-order valence-corrected chi connectivity index (χ1v) is 9.75. The first kappa shape index (κ1) is 22.1. The Morgan fingerprint density at radius 2 is 1.31 bits per heavy atom. The van der Waals surface area contributed by atoms with Gasteiger partial charge < -0.3 is 14.8 Å². The van der Waals surface area contributed by atoms with Gasteiger partial charge in [0, 0.05) is 0 Å². The molecular formula is C15H15F3O6S2. The van der Waals surface area contributed by atoms with Gasteiger partial charge in [-0.15, -0.1) is 0 Å². The number of hydrogen-bond donors (Lipinski definition) is 2. The molecule has 0 radical (unpaired) electrons. The van der Waals surface area contributed by atoms with Crippen molar-refractivity contribution in [3.05, 3.63) is 48.5 Å². The van der Waals surface area contributed by atoms with Gasteiger partial charge >= 0.3 is 6.18 Å². The van der Waals surface area contributed by atoms with Crippen molar-refractivity contribution < 1.29 is 40.5 Å². The zero-order chi connectivity index (χ0) is 20.0. The van der Waals surface area contributed by atoms with Gasteiger partial charge in [0.25, 0.3) is 0 Å². The van der Waals surface area contributed by atoms with Gasteiger partial charge in [-0.2, -0.15) is 13.2 Å². The van der Waals surface area contributed by atoms with Crippen LogP contribution in [0.1, 0.15) is 0 Å². The van der Waals surface area contributed by atoms with E-state index in [1.165, 1.54) is 9.79 Å². The maximum Gasteiger partial charge on any atom is 0.413 e. The van der Waals surface area contributed by atoms with Gasteiger partial charge in [0.1, 0.15) is 17.8 Å². The highest BCUT2D eigenvalue weighted by Gasteiger charge is 2.28. The Hall–Kier alpha value is -1.95. The minimum absolute atomic E-state index is 0.0356. The van der Waals surface area contributed by atoms with Crippen molar-refractivity contribution in [3.8, 4) is 11.5 Å². The van der Waals surface area contributed by atoms with Gasteiger partial charge in [-0.25, -0.2) is 8.42 Å². The van der Waals surface area contributed by atoms with Gasteiger partial charge in [-0.3, -0.25) is 4.18 Å². The van der Waals surface area contributed by atoms with E-state index in [4.69, 9.17) is 0 Å². The van der Waals surface area contributed by atoms with E-state index >= 15 is 0 Å². The Balaban J connectivity index is 0.000000294. The molecule has 0 aliphatic rings. The Kier molecular flexibility index (Phi) is 7.75. The predicted octanol–water partition coefficient (Wildman–Crippen LogP) is 2.79. The highest BCUT2D eigenvalue weighted by Crippen LogP contribution is 2.24. The number of hydrogen-bond acceptors (Lipinski definition) is 6. The van der Waals surface area contributed by atoms with E-state index in [1.807, 2.05) is 24.3 Å². The third-order valence-electron chi connectivity index (χ3n) is 2.75. The predicted molar refractivity (Wildman–Crippen MR) is 87.7 cm³/mol. The molecule has 0 heterocycles. The quantitative estimate of drug-likeness (QED) is 0.454. The fraction of sp³-hybridized carbons (Fsp3) is 0.200. The van der Waals surface area contributed by atoms with E-state index in [1.54, 1.807) is 24.3 Å². The van der Waals surface area contributed by atoms with Gasteiger partial charge in [0.05, 0.1) is 10.9 Å². The average molecular weight is 412 g/mol. The van der Waals surface area contributed by atoms with Crippen molar-refractivity contribution in [2.45, 2.75) is 16.0 Å². The summed E-state index contributed by atoms with van der Waals surface area (Å²) in [6, 6.07) is 14.5. The smallest absolute Gasteiger partial charge is 0.413 e. The lowest BCUT2D eigenvalue weighted by Gasteiger charge is -2.08. The summed E-state index contributed by atoms with van der Waals surface area (Å²) in [5.74, 6) is 0.568. The molecule has 11 heteroatoms. The summed E-state index contributed by atoms with van der Waals surface area (Å²) in [4.78, 5) is 2.34. The number of phenolic OH excluding ortho intramolecular Hbond substituents is 2. The van der Waals surface area contributed by atoms with Crippen LogP contribution in [0.4, 0.5) is 13.2 Å². The van der Waals surface area contributed by atoms with E-state index in [-0.39, 0.29) is 22.4 Å². The van der Waals surface area contributed by atoms with Crippen molar-refractivity contribution in [1.82, 2.24) is 0 Å². The molecule has 0 saturated heterocycles. The Bertz CT molecular complexity index is 744. The van der Waals surface area contributed by atoms with Crippen LogP contribution >= 0.6 is 0 Å². The molecule has 0 spiro atoms. The van der Waals surface area contributed by atoms with Crippen LogP contribution in [-0.4, -0.2) is 42.2 Å². The number of alkyl halides is 3. The highest BCUT2D eigenvalue weighted by atomic mass is 32.3. The minimum Gasteiger partial charge on any atom is -0.726 e. The maximum atomic E-state index is 11.1. The molecule has 0 amide bonds. The van der Waals surface area contributed by atoms with Crippen molar-refractivity contribution in [2.75, 3.05) is 12.9 Å². The van der Waals surface area contributed by atoms with Crippen LogP contribution in [-0.2, 0) is 25.5 Å². The van der Waals surface area contributed by atoms with E-state index in [9.17, 15) is 36.4 Å². The SMILES string of the molecule is C[S+](c1ccc(O)cc1)c1ccc(O)cc1.O=S(=O)([O-])OCC(F)(F)F. The van der Waals surface area contributed by atoms with Crippen LogP contribution < -0.4 is 0 Å². The molecule has 6 nitrogen and oxygen atoms in total. The fourth-order valence-electron chi connectivity index (χ4n) is 1.58. The largest absolute Gasteiger partial charge is 0.726 e. The molecule has 0 atom stereocenters. The van der Waals surface area contributed by atoms with Crippen LogP contribution in [0.25, 0.3) is 0 Å². The van der Waals surface area contributed by atoms with Crippen LogP contribution in [0.3, 0.4) is 0 Å². The number of halogens is 3. The summed E-state index contributed by atoms with van der Waals surface area (Å²) in [6.45, 7) is -2.07. The summed E-state index contributed by atoms with van der Waals surface area (Å²) in [6.07, 6.45) is -2.67. The van der Waals surface area contributed by atoms with Crippen molar-refractivity contribution in [2.24, 2.45) is 0 Å². The first-order chi connectivity index (χ1) is 11.9. The fourth-order valence-corrected chi connectivity index (χ4v) is 3.21. The lowest BCUT2D eigenvalue weighted by molar-refractivity contribution is -0.154. The van der Waals surface area contributed by atoms with Crippen molar-refractivity contribution in [3.63, 3.8) is 0 Å². The molecule has 0 aromatic heterocycles. The summed E-state index contributed by atoms with van der Waals surface area (Å²) >= 11 is 0. The Morgan fingerprint density at radius 1 is 0.962 bits per heavy atom.